The van der Waals surface area contributed by atoms with Crippen molar-refractivity contribution in [2.75, 3.05) is 26.3 Å². The fourth-order valence-corrected chi connectivity index (χ4v) is 0.937. The molecule has 0 radical (unpaired) electrons. The Morgan fingerprint density at radius 2 is 2.00 bits per heavy atom. The molecule has 2 heteroatoms. The van der Waals surface area contributed by atoms with Crippen LogP contribution in [0.15, 0.2) is 12.3 Å². The first kappa shape index (κ1) is 6.62. The van der Waals surface area contributed by atoms with Gasteiger partial charge in [0.1, 0.15) is 0 Å². The van der Waals surface area contributed by atoms with Gasteiger partial charge in [-0.2, -0.15) is 0 Å². The summed E-state index contributed by atoms with van der Waals surface area (Å²) in [5.74, 6) is 0. The van der Waals surface area contributed by atoms with Crippen LogP contribution in [0.25, 0.3) is 0 Å². The molecule has 1 aliphatic heterocycles. The third kappa shape index (κ3) is 2.06. The predicted molar refractivity (Wildman–Crippen MR) is 37.2 cm³/mol. The zero-order valence-corrected chi connectivity index (χ0v) is 5.84. The van der Waals surface area contributed by atoms with Gasteiger partial charge in [-0.3, -0.25) is 0 Å². The summed E-state index contributed by atoms with van der Waals surface area (Å²) in [6, 6.07) is 0. The van der Waals surface area contributed by atoms with Crippen LogP contribution in [0, 0.1) is 0 Å². The molecule has 0 aromatic heterocycles. The molecule has 0 bridgehead atoms. The molecule has 0 aliphatic carbocycles. The lowest BCUT2D eigenvalue weighted by atomic mass is 10.4. The normalized spacial score (nSPS) is 21.2. The summed E-state index contributed by atoms with van der Waals surface area (Å²) in [5, 5.41) is 0. The van der Waals surface area contributed by atoms with Crippen LogP contribution in [-0.2, 0) is 4.74 Å². The third-order valence-corrected chi connectivity index (χ3v) is 1.41. The van der Waals surface area contributed by atoms with E-state index in [1.54, 1.807) is 0 Å². The maximum Gasteiger partial charge on any atom is 0.0642 e. The molecule has 52 valence electrons. The average molecular weight is 127 g/mol. The maximum atomic E-state index is 5.17. The Labute approximate surface area is 56.1 Å². The molecule has 0 spiro atoms. The van der Waals surface area contributed by atoms with Gasteiger partial charge in [0.2, 0.25) is 0 Å². The highest BCUT2D eigenvalue weighted by Gasteiger charge is 2.03. The van der Waals surface area contributed by atoms with Gasteiger partial charge in [0, 0.05) is 13.1 Å². The first-order valence-corrected chi connectivity index (χ1v) is 3.38. The van der Waals surface area contributed by atoms with Gasteiger partial charge in [0.25, 0.3) is 0 Å². The van der Waals surface area contributed by atoms with E-state index in [-0.39, 0.29) is 0 Å². The second kappa shape index (κ2) is 3.51. The molecular weight excluding hydrogens is 114 g/mol. The second-order valence-corrected chi connectivity index (χ2v) is 2.13. The number of hydrogen-bond acceptors (Lipinski definition) is 2. The van der Waals surface area contributed by atoms with E-state index < -0.39 is 0 Å². The number of morpholine rings is 1. The highest BCUT2D eigenvalue weighted by atomic mass is 16.5. The van der Waals surface area contributed by atoms with E-state index in [1.165, 1.54) is 0 Å². The van der Waals surface area contributed by atoms with Crippen molar-refractivity contribution in [2.24, 2.45) is 0 Å². The van der Waals surface area contributed by atoms with Crippen molar-refractivity contribution in [2.45, 2.75) is 6.92 Å². The van der Waals surface area contributed by atoms with Gasteiger partial charge < -0.3 is 9.64 Å². The first-order valence-electron chi connectivity index (χ1n) is 3.38. The van der Waals surface area contributed by atoms with Crippen molar-refractivity contribution in [3.05, 3.63) is 12.3 Å². The van der Waals surface area contributed by atoms with E-state index in [2.05, 4.69) is 17.2 Å². The summed E-state index contributed by atoms with van der Waals surface area (Å²) < 4.78 is 5.17. The predicted octanol–water partition coefficient (Wildman–Crippen LogP) is 0.852. The first-order chi connectivity index (χ1) is 4.43. The zero-order valence-electron chi connectivity index (χ0n) is 5.84. The minimum atomic E-state index is 0.879. The van der Waals surface area contributed by atoms with Crippen LogP contribution in [0.3, 0.4) is 0 Å². The van der Waals surface area contributed by atoms with Crippen LogP contribution < -0.4 is 0 Å². The molecule has 1 saturated heterocycles. The standard InChI is InChI=1S/C7H13NO/c1-2-3-8-4-6-9-7-5-8/h2-3H,4-7H2,1H3/b3-2-. The van der Waals surface area contributed by atoms with Crippen LogP contribution in [0.2, 0.25) is 0 Å². The minimum Gasteiger partial charge on any atom is -0.378 e. The van der Waals surface area contributed by atoms with Crippen LogP contribution in [-0.4, -0.2) is 31.2 Å². The molecular formula is C7H13NO. The van der Waals surface area contributed by atoms with Crippen molar-refractivity contribution in [1.29, 1.82) is 0 Å². The van der Waals surface area contributed by atoms with Crippen molar-refractivity contribution in [1.82, 2.24) is 4.90 Å². The van der Waals surface area contributed by atoms with Crippen molar-refractivity contribution < 1.29 is 4.74 Å². The molecule has 1 aliphatic rings. The van der Waals surface area contributed by atoms with Crippen LogP contribution in [0.4, 0.5) is 0 Å². The number of rotatable bonds is 1. The Bertz CT molecular complexity index is 95.1. The quantitative estimate of drug-likeness (QED) is 0.518. The molecule has 1 heterocycles. The molecule has 2 nitrogen and oxygen atoms in total. The Balaban J connectivity index is 2.23. The van der Waals surface area contributed by atoms with E-state index in [4.69, 9.17) is 4.74 Å². The number of hydrogen-bond donors (Lipinski definition) is 0. The maximum absolute atomic E-state index is 5.17. The van der Waals surface area contributed by atoms with E-state index in [1.807, 2.05) is 6.92 Å². The average Bonchev–Trinajstić information content (AvgIpc) is 1.91. The number of nitrogens with zero attached hydrogens (tertiary/aromatic N) is 1. The van der Waals surface area contributed by atoms with Gasteiger partial charge in [0.15, 0.2) is 0 Å². The van der Waals surface area contributed by atoms with Crippen molar-refractivity contribution in [3.63, 3.8) is 0 Å². The summed E-state index contributed by atoms with van der Waals surface area (Å²) in [7, 11) is 0. The monoisotopic (exact) mass is 127 g/mol. The summed E-state index contributed by atoms with van der Waals surface area (Å²) in [6.07, 6.45) is 4.17. The van der Waals surface area contributed by atoms with Crippen LogP contribution in [0.1, 0.15) is 6.92 Å². The third-order valence-electron chi connectivity index (χ3n) is 1.41. The topological polar surface area (TPSA) is 12.5 Å². The molecule has 1 rings (SSSR count). The molecule has 0 saturated carbocycles. The minimum absolute atomic E-state index is 0.879. The van der Waals surface area contributed by atoms with E-state index >= 15 is 0 Å². The highest BCUT2D eigenvalue weighted by molar-refractivity contribution is 4.79. The molecule has 0 atom stereocenters. The summed E-state index contributed by atoms with van der Waals surface area (Å²) in [6.45, 7) is 5.89. The fourth-order valence-electron chi connectivity index (χ4n) is 0.937. The lowest BCUT2D eigenvalue weighted by Crippen LogP contribution is -2.31. The molecule has 0 amide bonds. The van der Waals surface area contributed by atoms with Crippen molar-refractivity contribution >= 4 is 0 Å². The molecule has 0 unspecified atom stereocenters. The van der Waals surface area contributed by atoms with Crippen LogP contribution >= 0.6 is 0 Å². The molecule has 9 heavy (non-hydrogen) atoms. The zero-order chi connectivity index (χ0) is 6.53. The van der Waals surface area contributed by atoms with Gasteiger partial charge in [-0.05, 0) is 13.1 Å². The summed E-state index contributed by atoms with van der Waals surface area (Å²) in [4.78, 5) is 2.27. The van der Waals surface area contributed by atoms with Crippen molar-refractivity contribution in [3.8, 4) is 0 Å². The second-order valence-electron chi connectivity index (χ2n) is 2.13. The van der Waals surface area contributed by atoms with Gasteiger partial charge >= 0.3 is 0 Å². The van der Waals surface area contributed by atoms with E-state index in [0.717, 1.165) is 26.3 Å². The number of allylic oxidation sites excluding steroid dienone is 1. The smallest absolute Gasteiger partial charge is 0.0642 e. The van der Waals surface area contributed by atoms with Gasteiger partial charge in [-0.1, -0.05) is 6.08 Å². The lowest BCUT2D eigenvalue weighted by molar-refractivity contribution is 0.0593. The Morgan fingerprint density at radius 1 is 1.33 bits per heavy atom. The molecule has 0 aromatic rings. The Hall–Kier alpha value is -0.500. The number of ether oxygens (including phenoxy) is 1. The summed E-state index contributed by atoms with van der Waals surface area (Å²) >= 11 is 0. The van der Waals surface area contributed by atoms with E-state index in [0.29, 0.717) is 0 Å². The lowest BCUT2D eigenvalue weighted by Gasteiger charge is -2.24. The van der Waals surface area contributed by atoms with Gasteiger partial charge in [-0.25, -0.2) is 0 Å². The fraction of sp³-hybridized carbons (Fsp3) is 0.714. The largest absolute Gasteiger partial charge is 0.378 e. The molecule has 0 aromatic carbocycles. The molecule has 1 fully saturated rings. The van der Waals surface area contributed by atoms with Crippen LogP contribution in [0.5, 0.6) is 0 Å². The van der Waals surface area contributed by atoms with E-state index in [9.17, 15) is 0 Å². The summed E-state index contributed by atoms with van der Waals surface area (Å²) in [5.41, 5.74) is 0. The Kier molecular flexibility index (Phi) is 2.58. The van der Waals surface area contributed by atoms with Gasteiger partial charge in [0.05, 0.1) is 13.2 Å². The molecule has 0 N–H and O–H groups in total. The highest BCUT2D eigenvalue weighted by Crippen LogP contribution is 1.95. The SMILES string of the molecule is C/C=C\N1CCOCC1. The van der Waals surface area contributed by atoms with Gasteiger partial charge in [-0.15, -0.1) is 0 Å². The Morgan fingerprint density at radius 3 is 2.56 bits per heavy atom.